The molecular formula is C14H16ClNO3. The zero-order valence-electron chi connectivity index (χ0n) is 10.9. The minimum atomic E-state index is -0.534. The Kier molecular flexibility index (Phi) is 6.09. The second kappa shape index (κ2) is 7.59. The number of hydrogen-bond acceptors (Lipinski definition) is 3. The van der Waals surface area contributed by atoms with Gasteiger partial charge in [0.15, 0.2) is 0 Å². The summed E-state index contributed by atoms with van der Waals surface area (Å²) in [6.45, 7) is 4.07. The third kappa shape index (κ3) is 5.14. The van der Waals surface area contributed by atoms with E-state index in [9.17, 15) is 9.59 Å². The van der Waals surface area contributed by atoms with Crippen molar-refractivity contribution in [2.24, 2.45) is 0 Å². The maximum absolute atomic E-state index is 11.6. The topological polar surface area (TPSA) is 55.4 Å². The van der Waals surface area contributed by atoms with Gasteiger partial charge in [-0.3, -0.25) is 4.79 Å². The van der Waals surface area contributed by atoms with Crippen LogP contribution in [0, 0.1) is 6.92 Å². The molecule has 0 radical (unpaired) electrons. The Hall–Kier alpha value is -1.81. The average Bonchev–Trinajstić information content (AvgIpc) is 2.38. The van der Waals surface area contributed by atoms with Crippen LogP contribution in [0.2, 0.25) is 5.02 Å². The smallest absolute Gasteiger partial charge is 0.330 e. The zero-order chi connectivity index (χ0) is 14.3. The predicted octanol–water partition coefficient (Wildman–Crippen LogP) is 3.10. The van der Waals surface area contributed by atoms with E-state index in [1.54, 1.807) is 12.1 Å². The first kappa shape index (κ1) is 15.2. The summed E-state index contributed by atoms with van der Waals surface area (Å²) in [6, 6.07) is 5.31. The first-order valence-corrected chi connectivity index (χ1v) is 6.33. The van der Waals surface area contributed by atoms with Gasteiger partial charge in [0, 0.05) is 12.2 Å². The summed E-state index contributed by atoms with van der Waals surface area (Å²) in [7, 11) is 0. The van der Waals surface area contributed by atoms with Crippen molar-refractivity contribution in [3.8, 4) is 0 Å². The fourth-order valence-electron chi connectivity index (χ4n) is 1.35. The molecule has 0 aromatic heterocycles. The van der Waals surface area contributed by atoms with Crippen LogP contribution in [0.3, 0.4) is 0 Å². The van der Waals surface area contributed by atoms with Crippen molar-refractivity contribution in [2.75, 3.05) is 11.9 Å². The Morgan fingerprint density at radius 3 is 2.74 bits per heavy atom. The van der Waals surface area contributed by atoms with Crippen LogP contribution in [0.15, 0.2) is 30.4 Å². The highest BCUT2D eigenvalue weighted by atomic mass is 35.5. The van der Waals surface area contributed by atoms with Crippen LogP contribution in [0.1, 0.15) is 18.9 Å². The number of halogens is 1. The van der Waals surface area contributed by atoms with Crippen LogP contribution in [0.5, 0.6) is 0 Å². The molecule has 1 rings (SSSR count). The monoisotopic (exact) mass is 281 g/mol. The lowest BCUT2D eigenvalue weighted by atomic mass is 10.2. The molecule has 1 aromatic carbocycles. The van der Waals surface area contributed by atoms with Crippen molar-refractivity contribution in [1.82, 2.24) is 0 Å². The van der Waals surface area contributed by atoms with Gasteiger partial charge in [0.25, 0.3) is 0 Å². The molecule has 19 heavy (non-hydrogen) atoms. The molecule has 0 atom stereocenters. The maximum atomic E-state index is 11.6. The lowest BCUT2D eigenvalue weighted by Crippen LogP contribution is -2.11. The molecule has 0 heterocycles. The van der Waals surface area contributed by atoms with E-state index in [0.29, 0.717) is 17.3 Å². The fraction of sp³-hybridized carbons (Fsp3) is 0.286. The van der Waals surface area contributed by atoms with Gasteiger partial charge in [-0.1, -0.05) is 30.7 Å². The lowest BCUT2D eigenvalue weighted by Gasteiger charge is -2.08. The molecule has 0 unspecified atom stereocenters. The third-order valence-corrected chi connectivity index (χ3v) is 2.60. The van der Waals surface area contributed by atoms with Crippen molar-refractivity contribution in [2.45, 2.75) is 20.3 Å². The minimum Gasteiger partial charge on any atom is -0.463 e. The second-order valence-corrected chi connectivity index (χ2v) is 4.33. The van der Waals surface area contributed by atoms with Gasteiger partial charge in [0.05, 0.1) is 17.3 Å². The van der Waals surface area contributed by atoms with E-state index in [1.807, 2.05) is 19.9 Å². The number of benzene rings is 1. The quantitative estimate of drug-likeness (QED) is 0.666. The SMILES string of the molecule is CCCOC(=O)/C=C\C(=O)Nc1c(C)cccc1Cl. The van der Waals surface area contributed by atoms with E-state index < -0.39 is 11.9 Å². The van der Waals surface area contributed by atoms with Gasteiger partial charge in [-0.05, 0) is 25.0 Å². The Bertz CT molecular complexity index is 477. The van der Waals surface area contributed by atoms with Crippen LogP contribution < -0.4 is 5.32 Å². The van der Waals surface area contributed by atoms with Gasteiger partial charge < -0.3 is 10.1 Å². The van der Waals surface area contributed by atoms with E-state index in [1.165, 1.54) is 0 Å². The number of para-hydroxylation sites is 1. The molecular weight excluding hydrogens is 266 g/mol. The number of anilines is 1. The minimum absolute atomic E-state index is 0.342. The van der Waals surface area contributed by atoms with Crippen molar-refractivity contribution in [1.29, 1.82) is 0 Å². The molecule has 0 saturated heterocycles. The first-order valence-electron chi connectivity index (χ1n) is 5.95. The molecule has 0 aliphatic carbocycles. The number of hydrogen-bond donors (Lipinski definition) is 1. The van der Waals surface area contributed by atoms with E-state index >= 15 is 0 Å². The van der Waals surface area contributed by atoms with Crippen LogP contribution in [-0.4, -0.2) is 18.5 Å². The molecule has 0 spiro atoms. The molecule has 1 amide bonds. The summed E-state index contributed by atoms with van der Waals surface area (Å²) in [5.74, 6) is -0.961. The standard InChI is InChI=1S/C14H16ClNO3/c1-3-9-19-13(18)8-7-12(17)16-14-10(2)5-4-6-11(14)15/h4-8H,3,9H2,1-2H3,(H,16,17)/b8-7-. The summed E-state index contributed by atoms with van der Waals surface area (Å²) in [4.78, 5) is 22.8. The summed E-state index contributed by atoms with van der Waals surface area (Å²) in [5.41, 5.74) is 1.39. The lowest BCUT2D eigenvalue weighted by molar-refractivity contribution is -0.137. The number of rotatable bonds is 5. The molecule has 1 aromatic rings. The molecule has 0 fully saturated rings. The Morgan fingerprint density at radius 1 is 1.37 bits per heavy atom. The molecule has 0 aliphatic heterocycles. The van der Waals surface area contributed by atoms with Crippen molar-refractivity contribution in [3.05, 3.63) is 40.9 Å². The maximum Gasteiger partial charge on any atom is 0.330 e. The highest BCUT2D eigenvalue weighted by Crippen LogP contribution is 2.24. The van der Waals surface area contributed by atoms with Gasteiger partial charge in [-0.2, -0.15) is 0 Å². The van der Waals surface area contributed by atoms with Crippen LogP contribution in [-0.2, 0) is 14.3 Å². The normalized spacial score (nSPS) is 10.5. The van der Waals surface area contributed by atoms with Gasteiger partial charge in [-0.25, -0.2) is 4.79 Å². The molecule has 1 N–H and O–H groups in total. The summed E-state index contributed by atoms with van der Waals surface area (Å²) >= 11 is 5.97. The zero-order valence-corrected chi connectivity index (χ0v) is 11.7. The van der Waals surface area contributed by atoms with Crippen LogP contribution in [0.4, 0.5) is 5.69 Å². The van der Waals surface area contributed by atoms with Gasteiger partial charge in [-0.15, -0.1) is 0 Å². The third-order valence-electron chi connectivity index (χ3n) is 2.29. The van der Waals surface area contributed by atoms with Crippen molar-refractivity contribution >= 4 is 29.2 Å². The van der Waals surface area contributed by atoms with Crippen LogP contribution in [0.25, 0.3) is 0 Å². The fourth-order valence-corrected chi connectivity index (χ4v) is 1.62. The Balaban J connectivity index is 2.61. The van der Waals surface area contributed by atoms with E-state index in [4.69, 9.17) is 16.3 Å². The van der Waals surface area contributed by atoms with Gasteiger partial charge in [0.2, 0.25) is 5.91 Å². The van der Waals surface area contributed by atoms with Crippen molar-refractivity contribution < 1.29 is 14.3 Å². The van der Waals surface area contributed by atoms with Gasteiger partial charge >= 0.3 is 5.97 Å². The largest absolute Gasteiger partial charge is 0.463 e. The average molecular weight is 282 g/mol. The van der Waals surface area contributed by atoms with E-state index in [0.717, 1.165) is 24.1 Å². The first-order chi connectivity index (χ1) is 9.04. The number of aryl methyl sites for hydroxylation is 1. The summed E-state index contributed by atoms with van der Waals surface area (Å²) < 4.78 is 4.81. The second-order valence-electron chi connectivity index (χ2n) is 3.92. The number of carbonyl (C=O) groups excluding carboxylic acids is 2. The predicted molar refractivity (Wildman–Crippen MR) is 75.2 cm³/mol. The number of carbonyl (C=O) groups is 2. The molecule has 102 valence electrons. The van der Waals surface area contributed by atoms with Crippen molar-refractivity contribution in [3.63, 3.8) is 0 Å². The summed E-state index contributed by atoms with van der Waals surface area (Å²) in [5, 5.41) is 3.08. The number of ether oxygens (including phenoxy) is 1. The highest BCUT2D eigenvalue weighted by Gasteiger charge is 2.06. The van der Waals surface area contributed by atoms with Gasteiger partial charge in [0.1, 0.15) is 0 Å². The molecule has 4 nitrogen and oxygen atoms in total. The number of esters is 1. The highest BCUT2D eigenvalue weighted by molar-refractivity contribution is 6.34. The van der Waals surface area contributed by atoms with E-state index in [2.05, 4.69) is 5.32 Å². The Labute approximate surface area is 117 Å². The van der Waals surface area contributed by atoms with Crippen LogP contribution >= 0.6 is 11.6 Å². The molecule has 0 aliphatic rings. The van der Waals surface area contributed by atoms with E-state index in [-0.39, 0.29) is 0 Å². The molecule has 0 saturated carbocycles. The number of amides is 1. The molecule has 5 heteroatoms. The Morgan fingerprint density at radius 2 is 2.11 bits per heavy atom. The molecule has 0 bridgehead atoms. The number of nitrogens with one attached hydrogen (secondary N) is 1. The summed E-state index contributed by atoms with van der Waals surface area (Å²) in [6.07, 6.45) is 2.96.